The summed E-state index contributed by atoms with van der Waals surface area (Å²) < 4.78 is 0. The largest absolute Gasteiger partial charge is 0.337 e. The van der Waals surface area contributed by atoms with E-state index in [-0.39, 0.29) is 11.8 Å². The molecule has 0 saturated heterocycles. The molecule has 2 rings (SSSR count). The molecule has 2 aromatic rings. The molecule has 132 valence electrons. The number of pyridine rings is 1. The van der Waals surface area contributed by atoms with E-state index in [9.17, 15) is 9.59 Å². The predicted molar refractivity (Wildman–Crippen MR) is 99.9 cm³/mol. The van der Waals surface area contributed by atoms with E-state index < -0.39 is 0 Å². The number of carbonyl (C=O) groups excluding carboxylic acids is 2. The van der Waals surface area contributed by atoms with Gasteiger partial charge < -0.3 is 10.2 Å². The van der Waals surface area contributed by atoms with Gasteiger partial charge in [0.2, 0.25) is 0 Å². The lowest BCUT2D eigenvalue weighted by Crippen LogP contribution is -2.33. The summed E-state index contributed by atoms with van der Waals surface area (Å²) >= 11 is 0. The fourth-order valence-electron chi connectivity index (χ4n) is 2.61. The van der Waals surface area contributed by atoms with Crippen LogP contribution < -0.4 is 5.32 Å². The molecule has 0 aliphatic heterocycles. The Morgan fingerprint density at radius 3 is 2.40 bits per heavy atom. The summed E-state index contributed by atoms with van der Waals surface area (Å²) in [5.74, 6) is -0.377. The van der Waals surface area contributed by atoms with Gasteiger partial charge in [-0.3, -0.25) is 14.6 Å². The molecule has 1 aromatic heterocycles. The predicted octanol–water partition coefficient (Wildman–Crippen LogP) is 3.90. The van der Waals surface area contributed by atoms with Crippen molar-refractivity contribution in [2.24, 2.45) is 0 Å². The third kappa shape index (κ3) is 4.89. The molecule has 0 aliphatic carbocycles. The summed E-state index contributed by atoms with van der Waals surface area (Å²) in [6.07, 6.45) is 3.29. The lowest BCUT2D eigenvalue weighted by Gasteiger charge is -2.21. The molecular formula is C20H25N3O2. The van der Waals surface area contributed by atoms with Gasteiger partial charge in [0.1, 0.15) is 5.69 Å². The van der Waals surface area contributed by atoms with E-state index >= 15 is 0 Å². The molecular weight excluding hydrogens is 314 g/mol. The van der Waals surface area contributed by atoms with Crippen molar-refractivity contribution in [1.29, 1.82) is 0 Å². The Morgan fingerprint density at radius 2 is 1.76 bits per heavy atom. The molecule has 0 spiro atoms. The van der Waals surface area contributed by atoms with Crippen LogP contribution in [0.5, 0.6) is 0 Å². The zero-order valence-corrected chi connectivity index (χ0v) is 15.1. The van der Waals surface area contributed by atoms with E-state index in [4.69, 9.17) is 0 Å². The number of para-hydroxylation sites is 1. The van der Waals surface area contributed by atoms with Crippen LogP contribution in [0.3, 0.4) is 0 Å². The van der Waals surface area contributed by atoms with Gasteiger partial charge in [-0.25, -0.2) is 0 Å². The quantitative estimate of drug-likeness (QED) is 0.832. The highest BCUT2D eigenvalue weighted by molar-refractivity contribution is 6.06. The summed E-state index contributed by atoms with van der Waals surface area (Å²) in [5.41, 5.74) is 2.47. The molecule has 1 N–H and O–H groups in total. The molecule has 5 nitrogen and oxygen atoms in total. The number of hydrogen-bond donors (Lipinski definition) is 1. The summed E-state index contributed by atoms with van der Waals surface area (Å²) in [6, 6.07) is 10.8. The molecule has 5 heteroatoms. The van der Waals surface area contributed by atoms with E-state index in [2.05, 4.69) is 10.3 Å². The van der Waals surface area contributed by atoms with Crippen LogP contribution in [-0.2, 0) is 0 Å². The average Bonchev–Trinajstić information content (AvgIpc) is 2.63. The van der Waals surface area contributed by atoms with Crippen LogP contribution in [0.1, 0.15) is 53.1 Å². The Balaban J connectivity index is 2.18. The fraction of sp³-hybridized carbons (Fsp3) is 0.350. The van der Waals surface area contributed by atoms with Crippen molar-refractivity contribution in [3.8, 4) is 0 Å². The zero-order chi connectivity index (χ0) is 18.2. The second kappa shape index (κ2) is 8.97. The highest BCUT2D eigenvalue weighted by atomic mass is 16.2. The van der Waals surface area contributed by atoms with Crippen LogP contribution in [0.2, 0.25) is 0 Å². The molecule has 0 saturated carbocycles. The summed E-state index contributed by atoms with van der Waals surface area (Å²) in [7, 11) is 0. The molecule has 0 bridgehead atoms. The second-order valence-corrected chi connectivity index (χ2v) is 5.99. The minimum atomic E-state index is -0.247. The first kappa shape index (κ1) is 18.6. The second-order valence-electron chi connectivity index (χ2n) is 5.99. The lowest BCUT2D eigenvalue weighted by molar-refractivity contribution is 0.0749. The van der Waals surface area contributed by atoms with E-state index in [1.165, 1.54) is 6.20 Å². The number of benzene rings is 1. The number of aryl methyl sites for hydroxylation is 1. The first-order chi connectivity index (χ1) is 12.1. The highest BCUT2D eigenvalue weighted by Gasteiger charge is 2.17. The van der Waals surface area contributed by atoms with E-state index in [1.54, 1.807) is 17.0 Å². The van der Waals surface area contributed by atoms with Crippen LogP contribution in [0, 0.1) is 6.92 Å². The van der Waals surface area contributed by atoms with Gasteiger partial charge >= 0.3 is 0 Å². The number of aromatic nitrogens is 1. The molecule has 2 amide bonds. The zero-order valence-electron chi connectivity index (χ0n) is 15.1. The van der Waals surface area contributed by atoms with Gasteiger partial charge in [-0.2, -0.15) is 0 Å². The van der Waals surface area contributed by atoms with Crippen molar-refractivity contribution in [3.05, 3.63) is 59.4 Å². The standard InChI is InChI=1S/C20H25N3O2/c1-4-12-23(13-5-2)20(25)18-14-16(10-11-21-18)19(24)22-17-9-7-6-8-15(17)3/h6-11,14H,4-5,12-13H2,1-3H3,(H,22,24). The molecule has 0 fully saturated rings. The molecule has 0 aliphatic rings. The third-order valence-corrected chi connectivity index (χ3v) is 3.91. The molecule has 0 atom stereocenters. The normalized spacial score (nSPS) is 10.4. The maximum atomic E-state index is 12.6. The minimum absolute atomic E-state index is 0.130. The van der Waals surface area contributed by atoms with Crippen molar-refractivity contribution in [2.75, 3.05) is 18.4 Å². The maximum Gasteiger partial charge on any atom is 0.272 e. The van der Waals surface area contributed by atoms with Gasteiger partial charge in [0.25, 0.3) is 11.8 Å². The van der Waals surface area contributed by atoms with E-state index in [0.29, 0.717) is 24.3 Å². The molecule has 25 heavy (non-hydrogen) atoms. The SMILES string of the molecule is CCCN(CCC)C(=O)c1cc(C(=O)Nc2ccccc2C)ccn1. The molecule has 1 aromatic carbocycles. The summed E-state index contributed by atoms with van der Waals surface area (Å²) in [5, 5.41) is 2.88. The Bertz CT molecular complexity index is 737. The molecule has 0 radical (unpaired) electrons. The number of carbonyl (C=O) groups is 2. The Morgan fingerprint density at radius 1 is 1.08 bits per heavy atom. The minimum Gasteiger partial charge on any atom is -0.337 e. The Labute approximate surface area is 149 Å². The van der Waals surface area contributed by atoms with Gasteiger partial charge in [0, 0.05) is 30.5 Å². The number of anilines is 1. The first-order valence-corrected chi connectivity index (χ1v) is 8.69. The maximum absolute atomic E-state index is 12.6. The average molecular weight is 339 g/mol. The van der Waals surface area contributed by atoms with E-state index in [0.717, 1.165) is 24.1 Å². The van der Waals surface area contributed by atoms with Gasteiger partial charge in [-0.1, -0.05) is 32.0 Å². The number of nitrogens with zero attached hydrogens (tertiary/aromatic N) is 2. The third-order valence-electron chi connectivity index (χ3n) is 3.91. The van der Waals surface area contributed by atoms with Crippen molar-refractivity contribution >= 4 is 17.5 Å². The van der Waals surface area contributed by atoms with Crippen LogP contribution in [-0.4, -0.2) is 34.8 Å². The number of amides is 2. The smallest absolute Gasteiger partial charge is 0.272 e. The highest BCUT2D eigenvalue weighted by Crippen LogP contribution is 2.15. The Hall–Kier alpha value is -2.69. The van der Waals surface area contributed by atoms with Gasteiger partial charge in [0.05, 0.1) is 0 Å². The summed E-state index contributed by atoms with van der Waals surface area (Å²) in [6.45, 7) is 7.39. The number of rotatable bonds is 7. The molecule has 1 heterocycles. The van der Waals surface area contributed by atoms with Gasteiger partial charge in [0.15, 0.2) is 0 Å². The fourth-order valence-corrected chi connectivity index (χ4v) is 2.61. The topological polar surface area (TPSA) is 62.3 Å². The van der Waals surface area contributed by atoms with Crippen LogP contribution in [0.25, 0.3) is 0 Å². The number of nitrogens with one attached hydrogen (secondary N) is 1. The Kier molecular flexibility index (Phi) is 6.69. The van der Waals surface area contributed by atoms with Gasteiger partial charge in [-0.15, -0.1) is 0 Å². The lowest BCUT2D eigenvalue weighted by atomic mass is 10.1. The van der Waals surface area contributed by atoms with E-state index in [1.807, 2.05) is 45.0 Å². The summed E-state index contributed by atoms with van der Waals surface area (Å²) in [4.78, 5) is 31.1. The van der Waals surface area contributed by atoms with Gasteiger partial charge in [-0.05, 0) is 43.5 Å². The first-order valence-electron chi connectivity index (χ1n) is 8.69. The monoisotopic (exact) mass is 339 g/mol. The van der Waals surface area contributed by atoms with Crippen molar-refractivity contribution in [1.82, 2.24) is 9.88 Å². The van der Waals surface area contributed by atoms with Crippen molar-refractivity contribution < 1.29 is 9.59 Å². The number of hydrogen-bond acceptors (Lipinski definition) is 3. The van der Waals surface area contributed by atoms with Crippen LogP contribution >= 0.6 is 0 Å². The van der Waals surface area contributed by atoms with Crippen LogP contribution in [0.4, 0.5) is 5.69 Å². The van der Waals surface area contributed by atoms with Crippen molar-refractivity contribution in [2.45, 2.75) is 33.6 Å². The van der Waals surface area contributed by atoms with Crippen LogP contribution in [0.15, 0.2) is 42.6 Å². The molecule has 0 unspecified atom stereocenters. The van der Waals surface area contributed by atoms with Crippen molar-refractivity contribution in [3.63, 3.8) is 0 Å².